The number of hydrogen-bond donors (Lipinski definition) is 1. The SMILES string of the molecule is Cl.O=c1[nH]ncn1Cc1ccc(-c2cccc(-c3noc(C4CC4)n3)c2)s1. The predicted molar refractivity (Wildman–Crippen MR) is 104 cm³/mol. The van der Waals surface area contributed by atoms with Gasteiger partial charge in [-0.2, -0.15) is 10.1 Å². The Labute approximate surface area is 164 Å². The smallest absolute Gasteiger partial charge is 0.339 e. The number of hydrogen-bond acceptors (Lipinski definition) is 6. The lowest BCUT2D eigenvalue weighted by molar-refractivity contribution is 0.380. The molecule has 7 nitrogen and oxygen atoms in total. The van der Waals surface area contributed by atoms with Crippen LogP contribution in [0.1, 0.15) is 29.5 Å². The molecule has 0 atom stereocenters. The molecule has 1 N–H and O–H groups in total. The molecular formula is C18H16ClN5O2S. The molecule has 9 heteroatoms. The van der Waals surface area contributed by atoms with Crippen LogP contribution in [0.25, 0.3) is 21.8 Å². The Balaban J connectivity index is 0.00000180. The first kappa shape index (κ1) is 17.7. The Bertz CT molecular complexity index is 1120. The molecule has 0 bridgehead atoms. The molecule has 4 aromatic rings. The van der Waals surface area contributed by atoms with Gasteiger partial charge in [-0.15, -0.1) is 23.7 Å². The number of H-pyrrole nitrogens is 1. The van der Waals surface area contributed by atoms with Crippen molar-refractivity contribution in [1.29, 1.82) is 0 Å². The maximum absolute atomic E-state index is 11.6. The van der Waals surface area contributed by atoms with Crippen molar-refractivity contribution in [3.63, 3.8) is 0 Å². The average molecular weight is 402 g/mol. The van der Waals surface area contributed by atoms with Gasteiger partial charge in [0.1, 0.15) is 6.33 Å². The second-order valence-electron chi connectivity index (χ2n) is 6.37. The fourth-order valence-electron chi connectivity index (χ4n) is 2.83. The van der Waals surface area contributed by atoms with Gasteiger partial charge >= 0.3 is 5.69 Å². The summed E-state index contributed by atoms with van der Waals surface area (Å²) < 4.78 is 6.91. The molecule has 5 rings (SSSR count). The number of nitrogens with one attached hydrogen (secondary N) is 1. The highest BCUT2D eigenvalue weighted by atomic mass is 35.5. The summed E-state index contributed by atoms with van der Waals surface area (Å²) in [4.78, 5) is 18.3. The zero-order chi connectivity index (χ0) is 17.5. The van der Waals surface area contributed by atoms with Gasteiger partial charge in [0.25, 0.3) is 0 Å². The molecule has 3 aromatic heterocycles. The lowest BCUT2D eigenvalue weighted by Gasteiger charge is -2.00. The minimum atomic E-state index is -0.203. The summed E-state index contributed by atoms with van der Waals surface area (Å²) in [5, 5.41) is 10.3. The number of rotatable bonds is 5. The topological polar surface area (TPSA) is 89.6 Å². The van der Waals surface area contributed by atoms with Crippen molar-refractivity contribution >= 4 is 23.7 Å². The first-order chi connectivity index (χ1) is 12.8. The van der Waals surface area contributed by atoms with Crippen molar-refractivity contribution in [1.82, 2.24) is 24.9 Å². The number of nitrogens with zero attached hydrogens (tertiary/aromatic N) is 4. The van der Waals surface area contributed by atoms with E-state index < -0.39 is 0 Å². The van der Waals surface area contributed by atoms with E-state index >= 15 is 0 Å². The minimum Gasteiger partial charge on any atom is -0.339 e. The van der Waals surface area contributed by atoms with E-state index in [-0.39, 0.29) is 18.1 Å². The molecule has 27 heavy (non-hydrogen) atoms. The van der Waals surface area contributed by atoms with Crippen LogP contribution in [0.4, 0.5) is 0 Å². The molecule has 1 aliphatic rings. The summed E-state index contributed by atoms with van der Waals surface area (Å²) in [6.07, 6.45) is 3.79. The van der Waals surface area contributed by atoms with Crippen LogP contribution in [0.3, 0.4) is 0 Å². The van der Waals surface area contributed by atoms with Crippen LogP contribution < -0.4 is 5.69 Å². The summed E-state index contributed by atoms with van der Waals surface area (Å²) in [5.74, 6) is 1.83. The largest absolute Gasteiger partial charge is 0.343 e. The third-order valence-electron chi connectivity index (χ3n) is 4.38. The Hall–Kier alpha value is -2.71. The van der Waals surface area contributed by atoms with E-state index in [9.17, 15) is 4.79 Å². The zero-order valence-electron chi connectivity index (χ0n) is 14.2. The van der Waals surface area contributed by atoms with Crippen molar-refractivity contribution < 1.29 is 4.52 Å². The van der Waals surface area contributed by atoms with E-state index in [1.807, 2.05) is 18.2 Å². The van der Waals surface area contributed by atoms with Crippen molar-refractivity contribution in [2.45, 2.75) is 25.3 Å². The van der Waals surface area contributed by atoms with Crippen LogP contribution in [0.15, 0.2) is 52.0 Å². The van der Waals surface area contributed by atoms with Crippen LogP contribution >= 0.6 is 23.7 Å². The first-order valence-electron chi connectivity index (χ1n) is 8.39. The Morgan fingerprint density at radius 1 is 1.22 bits per heavy atom. The zero-order valence-corrected chi connectivity index (χ0v) is 15.8. The molecular weight excluding hydrogens is 386 g/mol. The molecule has 0 amide bonds. The number of halogens is 1. The van der Waals surface area contributed by atoms with E-state index in [1.54, 1.807) is 15.9 Å². The van der Waals surface area contributed by atoms with Gasteiger partial charge in [0.05, 0.1) is 6.54 Å². The van der Waals surface area contributed by atoms with E-state index in [1.165, 1.54) is 6.33 Å². The number of benzene rings is 1. The molecule has 0 saturated heterocycles. The van der Waals surface area contributed by atoms with Crippen LogP contribution in [0.5, 0.6) is 0 Å². The van der Waals surface area contributed by atoms with Crippen LogP contribution in [0.2, 0.25) is 0 Å². The van der Waals surface area contributed by atoms with Gasteiger partial charge in [-0.25, -0.2) is 9.89 Å². The quantitative estimate of drug-likeness (QED) is 0.550. The molecule has 1 fully saturated rings. The molecule has 3 heterocycles. The molecule has 0 spiro atoms. The van der Waals surface area contributed by atoms with Crippen molar-refractivity contribution in [2.75, 3.05) is 0 Å². The maximum atomic E-state index is 11.6. The molecule has 1 aliphatic carbocycles. The van der Waals surface area contributed by atoms with Crippen LogP contribution in [0, 0.1) is 0 Å². The molecule has 1 aromatic carbocycles. The molecule has 138 valence electrons. The van der Waals surface area contributed by atoms with Gasteiger partial charge < -0.3 is 4.52 Å². The van der Waals surface area contributed by atoms with Crippen molar-refractivity contribution in [3.05, 3.63) is 64.0 Å². The normalized spacial score (nSPS) is 13.5. The molecule has 0 aliphatic heterocycles. The van der Waals surface area contributed by atoms with Crippen LogP contribution in [-0.2, 0) is 6.54 Å². The summed E-state index contributed by atoms with van der Waals surface area (Å²) in [6, 6.07) is 12.2. The Kier molecular flexibility index (Phi) is 4.67. The Morgan fingerprint density at radius 3 is 2.85 bits per heavy atom. The van der Waals surface area contributed by atoms with Gasteiger partial charge in [0.2, 0.25) is 11.7 Å². The van der Waals surface area contributed by atoms with Gasteiger partial charge in [-0.05, 0) is 36.6 Å². The monoisotopic (exact) mass is 401 g/mol. The summed E-state index contributed by atoms with van der Waals surface area (Å²) in [7, 11) is 0. The third-order valence-corrected chi connectivity index (χ3v) is 5.50. The second-order valence-corrected chi connectivity index (χ2v) is 7.54. The Morgan fingerprint density at radius 2 is 2.07 bits per heavy atom. The lowest BCUT2D eigenvalue weighted by Crippen LogP contribution is -2.16. The fraction of sp³-hybridized carbons (Fsp3) is 0.222. The molecule has 0 radical (unpaired) electrons. The molecule has 0 unspecified atom stereocenters. The van der Waals surface area contributed by atoms with Crippen molar-refractivity contribution in [3.8, 4) is 21.8 Å². The average Bonchev–Trinajstić information content (AvgIpc) is 3.06. The highest BCUT2D eigenvalue weighted by Crippen LogP contribution is 2.39. The summed E-state index contributed by atoms with van der Waals surface area (Å²) in [6.45, 7) is 0.509. The van der Waals surface area contributed by atoms with Gasteiger partial charge in [0.15, 0.2) is 0 Å². The lowest BCUT2D eigenvalue weighted by atomic mass is 10.1. The van der Waals surface area contributed by atoms with E-state index in [0.717, 1.165) is 39.6 Å². The van der Waals surface area contributed by atoms with Crippen molar-refractivity contribution in [2.24, 2.45) is 0 Å². The number of aromatic nitrogens is 5. The second kappa shape index (κ2) is 7.13. The molecule has 1 saturated carbocycles. The predicted octanol–water partition coefficient (Wildman–Crippen LogP) is 3.70. The van der Waals surface area contributed by atoms with E-state index in [2.05, 4.69) is 38.5 Å². The summed E-state index contributed by atoms with van der Waals surface area (Å²) >= 11 is 1.65. The van der Waals surface area contributed by atoms with Gasteiger partial charge in [-0.1, -0.05) is 23.4 Å². The number of thiophene rings is 1. The fourth-order valence-corrected chi connectivity index (χ4v) is 3.83. The first-order valence-corrected chi connectivity index (χ1v) is 9.21. The summed E-state index contributed by atoms with van der Waals surface area (Å²) in [5.41, 5.74) is 1.83. The third kappa shape index (κ3) is 3.58. The van der Waals surface area contributed by atoms with Gasteiger partial charge in [-0.3, -0.25) is 4.57 Å². The van der Waals surface area contributed by atoms with E-state index in [4.69, 9.17) is 4.52 Å². The number of aromatic amines is 1. The minimum absolute atomic E-state index is 0. The standard InChI is InChI=1S/C18H15N5O2S.ClH/c24-18-21-19-10-23(18)9-14-6-7-15(26-14)12-2-1-3-13(8-12)16-20-17(25-22-16)11-4-5-11;/h1-3,6-8,10-11H,4-5,9H2,(H,21,24);1H. The highest BCUT2D eigenvalue weighted by Gasteiger charge is 2.29. The van der Waals surface area contributed by atoms with Gasteiger partial charge in [0, 0.05) is 21.2 Å². The van der Waals surface area contributed by atoms with E-state index in [0.29, 0.717) is 18.3 Å². The highest BCUT2D eigenvalue weighted by molar-refractivity contribution is 7.15. The maximum Gasteiger partial charge on any atom is 0.343 e. The van der Waals surface area contributed by atoms with Crippen LogP contribution in [-0.4, -0.2) is 24.9 Å².